The average Bonchev–Trinajstić information content (AvgIpc) is 2.26. The zero-order chi connectivity index (χ0) is 13.1. The van der Waals surface area contributed by atoms with Crippen molar-refractivity contribution in [1.29, 1.82) is 0 Å². The van der Waals surface area contributed by atoms with Crippen LogP contribution in [-0.2, 0) is 5.41 Å². The third-order valence-electron chi connectivity index (χ3n) is 2.83. The van der Waals surface area contributed by atoms with Gasteiger partial charge in [-0.25, -0.2) is 4.39 Å². The van der Waals surface area contributed by atoms with Crippen molar-refractivity contribution in [1.82, 2.24) is 0 Å². The molecular weight excluding hydrogens is 215 g/mol. The van der Waals surface area contributed by atoms with Gasteiger partial charge in [-0.2, -0.15) is 0 Å². The summed E-state index contributed by atoms with van der Waals surface area (Å²) in [5.41, 5.74) is 6.64. The first kappa shape index (κ1) is 13.7. The van der Waals surface area contributed by atoms with Crippen molar-refractivity contribution in [2.45, 2.75) is 33.1 Å². The Labute approximate surface area is 103 Å². The van der Waals surface area contributed by atoms with Gasteiger partial charge < -0.3 is 5.73 Å². The van der Waals surface area contributed by atoms with Crippen LogP contribution >= 0.6 is 0 Å². The Hall–Kier alpha value is -1.38. The second kappa shape index (κ2) is 5.30. The highest BCUT2D eigenvalue weighted by molar-refractivity contribution is 5.90. The number of amidine groups is 1. The largest absolute Gasteiger partial charge is 0.387 e. The maximum absolute atomic E-state index is 12.9. The minimum absolute atomic E-state index is 0.234. The van der Waals surface area contributed by atoms with E-state index in [9.17, 15) is 4.39 Å². The van der Waals surface area contributed by atoms with Gasteiger partial charge in [-0.3, -0.25) is 4.99 Å². The van der Waals surface area contributed by atoms with E-state index in [0.717, 1.165) is 12.1 Å². The number of rotatable bonds is 4. The lowest BCUT2D eigenvalue weighted by molar-refractivity contribution is 0.621. The highest BCUT2D eigenvalue weighted by Crippen LogP contribution is 2.23. The molecule has 0 saturated heterocycles. The summed E-state index contributed by atoms with van der Waals surface area (Å²) in [6, 6.07) is 6.42. The fraction of sp³-hybridized carbons (Fsp3) is 0.500. The quantitative estimate of drug-likeness (QED) is 0.633. The molecule has 94 valence electrons. The molecular formula is C14H21FN2. The van der Waals surface area contributed by atoms with Gasteiger partial charge in [0, 0.05) is 12.0 Å². The fourth-order valence-corrected chi connectivity index (χ4v) is 1.49. The second-order valence-corrected chi connectivity index (χ2v) is 5.25. The molecule has 17 heavy (non-hydrogen) atoms. The first-order valence-electron chi connectivity index (χ1n) is 5.90. The summed E-state index contributed by atoms with van der Waals surface area (Å²) in [5, 5.41) is 0. The van der Waals surface area contributed by atoms with Crippen LogP contribution in [0.4, 0.5) is 4.39 Å². The lowest BCUT2D eigenvalue weighted by atomic mass is 9.83. The van der Waals surface area contributed by atoms with E-state index in [4.69, 9.17) is 5.73 Å². The van der Waals surface area contributed by atoms with Gasteiger partial charge in [0.1, 0.15) is 11.7 Å². The maximum atomic E-state index is 12.9. The van der Waals surface area contributed by atoms with Gasteiger partial charge in [0.25, 0.3) is 0 Å². The van der Waals surface area contributed by atoms with Crippen molar-refractivity contribution in [2.75, 3.05) is 6.54 Å². The topological polar surface area (TPSA) is 38.4 Å². The number of hydrogen-bond donors (Lipinski definition) is 1. The highest BCUT2D eigenvalue weighted by Gasteiger charge is 2.25. The summed E-state index contributed by atoms with van der Waals surface area (Å²) < 4.78 is 12.9. The minimum Gasteiger partial charge on any atom is -0.387 e. The van der Waals surface area contributed by atoms with Crippen molar-refractivity contribution in [3.05, 3.63) is 35.6 Å². The van der Waals surface area contributed by atoms with Crippen molar-refractivity contribution in [3.63, 3.8) is 0 Å². The van der Waals surface area contributed by atoms with E-state index in [0.29, 0.717) is 11.8 Å². The van der Waals surface area contributed by atoms with Crippen LogP contribution in [0.1, 0.15) is 33.3 Å². The van der Waals surface area contributed by atoms with Crippen LogP contribution in [0.3, 0.4) is 0 Å². The Morgan fingerprint density at radius 3 is 2.29 bits per heavy atom. The van der Waals surface area contributed by atoms with Crippen molar-refractivity contribution in [3.8, 4) is 0 Å². The zero-order valence-electron chi connectivity index (χ0n) is 11.0. The van der Waals surface area contributed by atoms with Gasteiger partial charge >= 0.3 is 0 Å². The summed E-state index contributed by atoms with van der Waals surface area (Å²) in [7, 11) is 0. The molecule has 1 aromatic rings. The lowest BCUT2D eigenvalue weighted by Crippen LogP contribution is -2.36. The van der Waals surface area contributed by atoms with Crippen LogP contribution in [0.5, 0.6) is 0 Å². The van der Waals surface area contributed by atoms with Crippen LogP contribution in [-0.4, -0.2) is 12.4 Å². The summed E-state index contributed by atoms with van der Waals surface area (Å²) in [6.45, 7) is 8.92. The van der Waals surface area contributed by atoms with Gasteiger partial charge in [-0.1, -0.05) is 26.0 Å². The molecule has 0 atom stereocenters. The molecule has 2 nitrogen and oxygen atoms in total. The summed E-state index contributed by atoms with van der Waals surface area (Å²) in [4.78, 5) is 4.39. The van der Waals surface area contributed by atoms with Crippen molar-refractivity contribution >= 4 is 5.84 Å². The number of halogens is 1. The molecule has 0 fully saturated rings. The molecule has 0 saturated carbocycles. The number of nitrogens with zero attached hydrogens (tertiary/aromatic N) is 1. The molecule has 1 rings (SSSR count). The van der Waals surface area contributed by atoms with Crippen LogP contribution in [0.15, 0.2) is 29.3 Å². The zero-order valence-corrected chi connectivity index (χ0v) is 11.0. The third kappa shape index (κ3) is 3.55. The molecule has 0 aromatic heterocycles. The fourth-order valence-electron chi connectivity index (χ4n) is 1.49. The molecule has 0 aliphatic rings. The molecule has 0 aliphatic heterocycles. The highest BCUT2D eigenvalue weighted by atomic mass is 19.1. The van der Waals surface area contributed by atoms with Crippen LogP contribution in [0.25, 0.3) is 0 Å². The van der Waals surface area contributed by atoms with Gasteiger partial charge in [-0.05, 0) is 37.5 Å². The first-order chi connectivity index (χ1) is 7.84. The minimum atomic E-state index is -0.359. The van der Waals surface area contributed by atoms with E-state index in [1.54, 1.807) is 12.1 Å². The molecule has 0 spiro atoms. The summed E-state index contributed by atoms with van der Waals surface area (Å²) in [6.07, 6.45) is 0. The SMILES string of the molecule is CC(C)CN=C(N)C(C)(C)c1ccc(F)cc1. The van der Waals surface area contributed by atoms with Gasteiger partial charge in [0.05, 0.1) is 0 Å². The number of nitrogens with two attached hydrogens (primary N) is 1. The van der Waals surface area contributed by atoms with Crippen LogP contribution in [0, 0.1) is 11.7 Å². The summed E-state index contributed by atoms with van der Waals surface area (Å²) in [5.74, 6) is 0.845. The van der Waals surface area contributed by atoms with Gasteiger partial charge in [0.2, 0.25) is 0 Å². The molecule has 0 radical (unpaired) electrons. The van der Waals surface area contributed by atoms with Gasteiger partial charge in [0.15, 0.2) is 0 Å². The standard InChI is InChI=1S/C14H21FN2/c1-10(2)9-17-13(16)14(3,4)11-5-7-12(15)8-6-11/h5-8,10H,9H2,1-4H3,(H2,16,17). The van der Waals surface area contributed by atoms with Crippen molar-refractivity contribution in [2.24, 2.45) is 16.6 Å². The summed E-state index contributed by atoms with van der Waals surface area (Å²) >= 11 is 0. The van der Waals surface area contributed by atoms with E-state index in [1.807, 2.05) is 13.8 Å². The van der Waals surface area contributed by atoms with E-state index in [2.05, 4.69) is 18.8 Å². The van der Waals surface area contributed by atoms with E-state index in [1.165, 1.54) is 12.1 Å². The van der Waals surface area contributed by atoms with Crippen LogP contribution < -0.4 is 5.73 Å². The molecule has 0 bridgehead atoms. The van der Waals surface area contributed by atoms with E-state index in [-0.39, 0.29) is 11.2 Å². The Morgan fingerprint density at radius 1 is 1.29 bits per heavy atom. The van der Waals surface area contributed by atoms with Crippen molar-refractivity contribution < 1.29 is 4.39 Å². The molecule has 0 aliphatic carbocycles. The van der Waals surface area contributed by atoms with E-state index < -0.39 is 0 Å². The van der Waals surface area contributed by atoms with E-state index >= 15 is 0 Å². The Morgan fingerprint density at radius 2 is 1.82 bits per heavy atom. The van der Waals surface area contributed by atoms with Crippen LogP contribution in [0.2, 0.25) is 0 Å². The predicted molar refractivity (Wildman–Crippen MR) is 70.8 cm³/mol. The lowest BCUT2D eigenvalue weighted by Gasteiger charge is -2.25. The number of hydrogen-bond acceptors (Lipinski definition) is 1. The molecule has 0 amide bonds. The normalized spacial score (nSPS) is 13.2. The molecule has 3 heteroatoms. The predicted octanol–water partition coefficient (Wildman–Crippen LogP) is 3.12. The number of aliphatic imine (C=N–C) groups is 1. The Kier molecular flexibility index (Phi) is 4.27. The molecule has 1 aromatic carbocycles. The maximum Gasteiger partial charge on any atom is 0.123 e. The second-order valence-electron chi connectivity index (χ2n) is 5.25. The Balaban J connectivity index is 2.93. The van der Waals surface area contributed by atoms with Gasteiger partial charge in [-0.15, -0.1) is 0 Å². The monoisotopic (exact) mass is 236 g/mol. The smallest absolute Gasteiger partial charge is 0.123 e. The molecule has 2 N–H and O–H groups in total. The first-order valence-corrected chi connectivity index (χ1v) is 5.90. The Bertz CT molecular complexity index is 391. The number of benzene rings is 1. The molecule has 0 heterocycles. The third-order valence-corrected chi connectivity index (χ3v) is 2.83. The molecule has 0 unspecified atom stereocenters. The average molecular weight is 236 g/mol.